The molecule has 0 amide bonds. The maximum Gasteiger partial charge on any atom is 0.145 e. The zero-order valence-corrected chi connectivity index (χ0v) is 9.97. The van der Waals surface area contributed by atoms with E-state index in [-0.39, 0.29) is 6.04 Å². The van der Waals surface area contributed by atoms with E-state index in [0.717, 1.165) is 11.4 Å². The van der Waals surface area contributed by atoms with Gasteiger partial charge in [0.25, 0.3) is 0 Å². The highest BCUT2D eigenvalue weighted by molar-refractivity contribution is 5.59. The minimum Gasteiger partial charge on any atom is -0.497 e. The lowest BCUT2D eigenvalue weighted by Gasteiger charge is -2.18. The first-order valence-electron chi connectivity index (χ1n) is 5.49. The molecule has 94 valence electrons. The molecule has 0 radical (unpaired) electrons. The summed E-state index contributed by atoms with van der Waals surface area (Å²) >= 11 is 0. The average molecular weight is 239 g/mol. The second kappa shape index (κ2) is 5.25. The van der Waals surface area contributed by atoms with Gasteiger partial charge in [0.15, 0.2) is 0 Å². The van der Waals surface area contributed by atoms with Crippen LogP contribution in [0.2, 0.25) is 0 Å². The van der Waals surface area contributed by atoms with Gasteiger partial charge in [-0.3, -0.25) is 0 Å². The minimum absolute atomic E-state index is 0.0997. The van der Waals surface area contributed by atoms with Crippen molar-refractivity contribution in [1.82, 2.24) is 0 Å². The van der Waals surface area contributed by atoms with Gasteiger partial charge in [0.2, 0.25) is 0 Å². The van der Waals surface area contributed by atoms with Crippen molar-refractivity contribution >= 4 is 5.69 Å². The topological polar surface area (TPSA) is 60.0 Å². The van der Waals surface area contributed by atoms with E-state index in [1.807, 2.05) is 12.1 Å². The maximum absolute atomic E-state index is 9.66. The fourth-order valence-corrected chi connectivity index (χ4v) is 1.80. The van der Waals surface area contributed by atoms with Crippen molar-refractivity contribution in [2.24, 2.45) is 0 Å². The second-order valence-corrected chi connectivity index (χ2v) is 3.92. The van der Waals surface area contributed by atoms with Crippen LogP contribution in [-0.4, -0.2) is 44.7 Å². The molecule has 2 rings (SSSR count). The molecular weight excluding hydrogens is 222 g/mol. The number of nitrogens with one attached hydrogen (secondary N) is 1. The Kier molecular flexibility index (Phi) is 3.71. The van der Waals surface area contributed by atoms with Crippen LogP contribution in [0.15, 0.2) is 18.2 Å². The number of aliphatic hydroxyl groups is 1. The fraction of sp³-hybridized carbons (Fsp3) is 0.500. The molecular formula is C12H17NO4. The van der Waals surface area contributed by atoms with E-state index < -0.39 is 6.10 Å². The number of ether oxygens (including phenoxy) is 3. The summed E-state index contributed by atoms with van der Waals surface area (Å²) in [5.41, 5.74) is 0.822. The van der Waals surface area contributed by atoms with Crippen molar-refractivity contribution in [3.63, 3.8) is 0 Å². The molecule has 0 bridgehead atoms. The molecule has 2 unspecified atom stereocenters. The van der Waals surface area contributed by atoms with Crippen LogP contribution in [0.4, 0.5) is 5.69 Å². The van der Waals surface area contributed by atoms with Crippen LogP contribution < -0.4 is 14.8 Å². The van der Waals surface area contributed by atoms with Gasteiger partial charge in [-0.15, -0.1) is 0 Å². The van der Waals surface area contributed by atoms with Crippen molar-refractivity contribution in [3.05, 3.63) is 18.2 Å². The van der Waals surface area contributed by atoms with Crippen LogP contribution >= 0.6 is 0 Å². The van der Waals surface area contributed by atoms with Gasteiger partial charge in [-0.1, -0.05) is 0 Å². The molecule has 2 atom stereocenters. The van der Waals surface area contributed by atoms with Gasteiger partial charge in [0.1, 0.15) is 11.5 Å². The molecule has 1 aliphatic heterocycles. The molecule has 1 aliphatic rings. The average Bonchev–Trinajstić information content (AvgIpc) is 2.75. The monoisotopic (exact) mass is 239 g/mol. The minimum atomic E-state index is -0.484. The zero-order chi connectivity index (χ0) is 12.3. The number of aliphatic hydroxyl groups excluding tert-OH is 1. The van der Waals surface area contributed by atoms with Gasteiger partial charge >= 0.3 is 0 Å². The highest BCUT2D eigenvalue weighted by Crippen LogP contribution is 2.30. The standard InChI is InChI=1S/C12H17NO4/c1-15-8-3-4-9(12(5-8)16-2)13-10-6-17-7-11(10)14/h3-5,10-11,13-14H,6-7H2,1-2H3. The lowest BCUT2D eigenvalue weighted by molar-refractivity contribution is 0.125. The Balaban J connectivity index is 2.14. The quantitative estimate of drug-likeness (QED) is 0.816. The molecule has 1 saturated heterocycles. The smallest absolute Gasteiger partial charge is 0.145 e. The van der Waals surface area contributed by atoms with E-state index in [1.165, 1.54) is 0 Å². The number of rotatable bonds is 4. The van der Waals surface area contributed by atoms with Crippen LogP contribution in [-0.2, 0) is 4.74 Å². The predicted molar refractivity (Wildman–Crippen MR) is 63.8 cm³/mol. The maximum atomic E-state index is 9.66. The lowest BCUT2D eigenvalue weighted by atomic mass is 10.2. The third-order valence-corrected chi connectivity index (χ3v) is 2.80. The van der Waals surface area contributed by atoms with Gasteiger partial charge < -0.3 is 24.6 Å². The van der Waals surface area contributed by atoms with Crippen LogP contribution in [0.25, 0.3) is 0 Å². The Labute approximate surface area is 100 Å². The first-order valence-corrected chi connectivity index (χ1v) is 5.49. The van der Waals surface area contributed by atoms with E-state index in [1.54, 1.807) is 20.3 Å². The molecule has 1 aromatic carbocycles. The molecule has 1 aromatic rings. The lowest BCUT2D eigenvalue weighted by Crippen LogP contribution is -2.31. The highest BCUT2D eigenvalue weighted by atomic mass is 16.5. The van der Waals surface area contributed by atoms with Crippen molar-refractivity contribution < 1.29 is 19.3 Å². The summed E-state index contributed by atoms with van der Waals surface area (Å²) < 4.78 is 15.6. The summed E-state index contributed by atoms with van der Waals surface area (Å²) in [4.78, 5) is 0. The number of benzene rings is 1. The predicted octanol–water partition coefficient (Wildman–Crippen LogP) is 0.875. The Morgan fingerprint density at radius 3 is 2.71 bits per heavy atom. The molecule has 5 heteroatoms. The Bertz CT molecular complexity index is 383. The largest absolute Gasteiger partial charge is 0.497 e. The third kappa shape index (κ3) is 2.62. The van der Waals surface area contributed by atoms with E-state index >= 15 is 0 Å². The number of anilines is 1. The molecule has 0 aliphatic carbocycles. The summed E-state index contributed by atoms with van der Waals surface area (Å²) in [6.45, 7) is 0.868. The summed E-state index contributed by atoms with van der Waals surface area (Å²) in [5, 5.41) is 12.9. The molecule has 0 aromatic heterocycles. The summed E-state index contributed by atoms with van der Waals surface area (Å²) in [5.74, 6) is 1.42. The molecule has 0 spiro atoms. The second-order valence-electron chi connectivity index (χ2n) is 3.92. The summed E-state index contributed by atoms with van der Waals surface area (Å²) in [6, 6.07) is 5.40. The molecule has 5 nitrogen and oxygen atoms in total. The fourth-order valence-electron chi connectivity index (χ4n) is 1.80. The molecule has 2 N–H and O–H groups in total. The highest BCUT2D eigenvalue weighted by Gasteiger charge is 2.26. The van der Waals surface area contributed by atoms with Gasteiger partial charge in [-0.05, 0) is 12.1 Å². The van der Waals surface area contributed by atoms with Crippen LogP contribution in [0, 0.1) is 0 Å². The van der Waals surface area contributed by atoms with Gasteiger partial charge in [-0.25, -0.2) is 0 Å². The molecule has 1 fully saturated rings. The van der Waals surface area contributed by atoms with E-state index in [2.05, 4.69) is 5.32 Å². The van der Waals surface area contributed by atoms with Crippen LogP contribution in [0.5, 0.6) is 11.5 Å². The normalized spacial score (nSPS) is 23.5. The third-order valence-electron chi connectivity index (χ3n) is 2.80. The van der Waals surface area contributed by atoms with Gasteiger partial charge in [-0.2, -0.15) is 0 Å². The number of methoxy groups -OCH3 is 2. The Morgan fingerprint density at radius 2 is 2.12 bits per heavy atom. The van der Waals surface area contributed by atoms with E-state index in [9.17, 15) is 5.11 Å². The zero-order valence-electron chi connectivity index (χ0n) is 9.97. The molecule has 0 saturated carbocycles. The summed E-state index contributed by atoms with van der Waals surface area (Å²) in [7, 11) is 3.21. The van der Waals surface area contributed by atoms with Crippen molar-refractivity contribution in [2.75, 3.05) is 32.8 Å². The molecule has 17 heavy (non-hydrogen) atoms. The first-order chi connectivity index (χ1) is 8.24. The van der Waals surface area contributed by atoms with Crippen LogP contribution in [0.3, 0.4) is 0 Å². The van der Waals surface area contributed by atoms with Crippen LogP contribution in [0.1, 0.15) is 0 Å². The van der Waals surface area contributed by atoms with Crippen molar-refractivity contribution in [1.29, 1.82) is 0 Å². The first kappa shape index (κ1) is 12.0. The molecule has 1 heterocycles. The van der Waals surface area contributed by atoms with Gasteiger partial charge in [0, 0.05) is 6.07 Å². The van der Waals surface area contributed by atoms with Gasteiger partial charge in [0.05, 0.1) is 45.3 Å². The van der Waals surface area contributed by atoms with E-state index in [4.69, 9.17) is 14.2 Å². The van der Waals surface area contributed by atoms with E-state index in [0.29, 0.717) is 19.0 Å². The SMILES string of the molecule is COc1ccc(NC2COCC2O)c(OC)c1. The Morgan fingerprint density at radius 1 is 1.29 bits per heavy atom. The Hall–Kier alpha value is -1.46. The van der Waals surface area contributed by atoms with Crippen molar-refractivity contribution in [2.45, 2.75) is 12.1 Å². The summed E-state index contributed by atoms with van der Waals surface area (Å²) in [6.07, 6.45) is -0.484. The number of hydrogen-bond donors (Lipinski definition) is 2. The van der Waals surface area contributed by atoms with Crippen molar-refractivity contribution in [3.8, 4) is 11.5 Å². The number of hydrogen-bond acceptors (Lipinski definition) is 5.